The fourth-order valence-electron chi connectivity index (χ4n) is 5.30. The van der Waals surface area contributed by atoms with Gasteiger partial charge >= 0.3 is 11.9 Å². The van der Waals surface area contributed by atoms with E-state index in [4.69, 9.17) is 22.9 Å². The van der Waals surface area contributed by atoms with Crippen LogP contribution in [0.1, 0.15) is 52.6 Å². The molecule has 0 spiro atoms. The minimum atomic E-state index is -1.10. The Balaban J connectivity index is 0.000000195. The molecular weight excluding hydrogens is 632 g/mol. The van der Waals surface area contributed by atoms with Crippen molar-refractivity contribution < 1.29 is 29.4 Å². The van der Waals surface area contributed by atoms with Gasteiger partial charge in [-0.1, -0.05) is 42.5 Å². The van der Waals surface area contributed by atoms with E-state index in [-0.39, 0.29) is 22.7 Å². The molecule has 0 bridgehead atoms. The third kappa shape index (κ3) is 7.67. The second-order valence-electron chi connectivity index (χ2n) is 11.2. The van der Waals surface area contributed by atoms with E-state index in [0.29, 0.717) is 67.3 Å². The van der Waals surface area contributed by atoms with Crippen molar-refractivity contribution in [3.05, 3.63) is 167 Å². The number of carboxylic acid groups (broad SMARTS) is 2. The van der Waals surface area contributed by atoms with Crippen LogP contribution in [0.25, 0.3) is 22.3 Å². The molecule has 0 radical (unpaired) electrons. The number of carbonyl (C=O) groups is 4. The maximum Gasteiger partial charge on any atom is 0.336 e. The van der Waals surface area contributed by atoms with Crippen molar-refractivity contribution in [3.63, 3.8) is 0 Å². The Hall–Kier alpha value is -7.20. The van der Waals surface area contributed by atoms with Gasteiger partial charge in [0.05, 0.1) is 11.1 Å². The molecule has 0 atom stereocenters. The zero-order chi connectivity index (χ0) is 35.9. The Kier molecular flexibility index (Phi) is 10.0. The normalized spacial score (nSPS) is 10.4. The van der Waals surface area contributed by atoms with Gasteiger partial charge in [-0.25, -0.2) is 9.59 Å². The van der Waals surface area contributed by atoms with Crippen molar-refractivity contribution in [3.8, 4) is 22.3 Å². The monoisotopic (exact) mass is 664 g/mol. The van der Waals surface area contributed by atoms with Gasteiger partial charge in [0, 0.05) is 45.0 Å². The standard InChI is InChI=1S/C20H16N2O4.C20H16N2O2/c21-11-5-7-15(19(23)24)17(9-11)13-3-1-2-4-14(13)18-10-12(22)6-8-16(18)20(25)26;21-17-8-4-13(5-9-17)19(23)15-2-1-3-16(12-15)20(24)14-6-10-18(22)11-7-14/h1-10H,21-22H2,(H,23,24)(H,25,26);1-12H,21-22H2. The van der Waals surface area contributed by atoms with Crippen LogP contribution in [0, 0.1) is 0 Å². The van der Waals surface area contributed by atoms with E-state index in [1.165, 1.54) is 24.3 Å². The first-order valence-corrected chi connectivity index (χ1v) is 15.2. The molecule has 10 nitrogen and oxygen atoms in total. The second-order valence-corrected chi connectivity index (χ2v) is 11.2. The Labute approximate surface area is 287 Å². The largest absolute Gasteiger partial charge is 0.478 e. The number of nitrogens with two attached hydrogens (primary N) is 4. The number of carbonyl (C=O) groups excluding carboxylic acids is 2. The molecule has 248 valence electrons. The van der Waals surface area contributed by atoms with Crippen molar-refractivity contribution in [1.82, 2.24) is 0 Å². The molecule has 0 fully saturated rings. The lowest BCUT2D eigenvalue weighted by Crippen LogP contribution is -2.06. The summed E-state index contributed by atoms with van der Waals surface area (Å²) in [5.74, 6) is -2.49. The predicted octanol–water partition coefficient (Wildman–Crippen LogP) is 6.89. The van der Waals surface area contributed by atoms with Gasteiger partial charge in [-0.05, 0) is 113 Å². The lowest BCUT2D eigenvalue weighted by molar-refractivity contribution is 0.0686. The molecule has 10 N–H and O–H groups in total. The molecule has 50 heavy (non-hydrogen) atoms. The number of anilines is 4. The average Bonchev–Trinajstić information content (AvgIpc) is 3.11. The van der Waals surface area contributed by atoms with E-state index in [1.54, 1.807) is 109 Å². The van der Waals surface area contributed by atoms with Gasteiger partial charge in [0.15, 0.2) is 11.6 Å². The van der Waals surface area contributed by atoms with Crippen LogP contribution in [0.5, 0.6) is 0 Å². The van der Waals surface area contributed by atoms with E-state index in [1.807, 2.05) is 0 Å². The van der Waals surface area contributed by atoms with E-state index in [0.717, 1.165) is 0 Å². The van der Waals surface area contributed by atoms with Crippen LogP contribution in [-0.2, 0) is 0 Å². The zero-order valence-electron chi connectivity index (χ0n) is 26.5. The number of rotatable bonds is 8. The molecule has 10 heteroatoms. The minimum absolute atomic E-state index is 0.0763. The Morgan fingerprint density at radius 2 is 0.720 bits per heavy atom. The molecule has 6 aromatic carbocycles. The van der Waals surface area contributed by atoms with Crippen molar-refractivity contribution in [1.29, 1.82) is 0 Å². The molecule has 6 rings (SSSR count). The number of aromatic carboxylic acids is 2. The third-order valence-corrected chi connectivity index (χ3v) is 7.79. The highest BCUT2D eigenvalue weighted by molar-refractivity contribution is 6.13. The van der Waals surface area contributed by atoms with Gasteiger partial charge in [0.2, 0.25) is 0 Å². The number of nitrogen functional groups attached to an aromatic ring is 4. The maximum absolute atomic E-state index is 12.5. The van der Waals surface area contributed by atoms with Crippen molar-refractivity contribution in [2.24, 2.45) is 0 Å². The maximum atomic E-state index is 12.5. The predicted molar refractivity (Wildman–Crippen MR) is 195 cm³/mol. The first kappa shape index (κ1) is 34.1. The van der Waals surface area contributed by atoms with E-state index in [2.05, 4.69) is 0 Å². The summed E-state index contributed by atoms with van der Waals surface area (Å²) in [5.41, 5.74) is 29.1. The SMILES string of the molecule is Nc1ccc(C(=O)O)c(-c2ccccc2-c2cc(N)ccc2C(=O)O)c1.Nc1ccc(C(=O)c2cccc(C(=O)c3ccc(N)cc3)c2)cc1. The van der Waals surface area contributed by atoms with E-state index < -0.39 is 11.9 Å². The lowest BCUT2D eigenvalue weighted by Gasteiger charge is -2.15. The number of hydrogen-bond acceptors (Lipinski definition) is 8. The summed E-state index contributed by atoms with van der Waals surface area (Å²) in [6.45, 7) is 0. The fourth-order valence-corrected chi connectivity index (χ4v) is 5.30. The van der Waals surface area contributed by atoms with Crippen molar-refractivity contribution >= 4 is 46.3 Å². The fraction of sp³-hybridized carbons (Fsp3) is 0. The summed E-state index contributed by atoms with van der Waals surface area (Å²) in [5, 5.41) is 19.0. The highest BCUT2D eigenvalue weighted by atomic mass is 16.4. The molecule has 0 saturated carbocycles. The summed E-state index contributed by atoms with van der Waals surface area (Å²) >= 11 is 0. The van der Waals surface area contributed by atoms with Gasteiger partial charge in [-0.15, -0.1) is 0 Å². The number of hydrogen-bond donors (Lipinski definition) is 6. The molecule has 0 aliphatic carbocycles. The van der Waals surface area contributed by atoms with Gasteiger partial charge in [-0.3, -0.25) is 9.59 Å². The van der Waals surface area contributed by atoms with E-state index in [9.17, 15) is 29.4 Å². The first-order chi connectivity index (χ1) is 23.9. The van der Waals surface area contributed by atoms with E-state index >= 15 is 0 Å². The molecule has 6 aromatic rings. The molecule has 0 aromatic heterocycles. The molecule has 0 amide bonds. The topological polar surface area (TPSA) is 213 Å². The molecular formula is C40H32N4O6. The molecule has 0 saturated heterocycles. The molecule has 0 aliphatic rings. The minimum Gasteiger partial charge on any atom is -0.478 e. The second kappa shape index (κ2) is 14.7. The van der Waals surface area contributed by atoms with Crippen LogP contribution in [0.15, 0.2) is 133 Å². The molecule has 0 aliphatic heterocycles. The summed E-state index contributed by atoms with van der Waals surface area (Å²) < 4.78 is 0. The van der Waals surface area contributed by atoms with Crippen LogP contribution in [-0.4, -0.2) is 33.7 Å². The van der Waals surface area contributed by atoms with Gasteiger partial charge < -0.3 is 33.1 Å². The first-order valence-electron chi connectivity index (χ1n) is 15.2. The van der Waals surface area contributed by atoms with Crippen LogP contribution in [0.4, 0.5) is 22.7 Å². The smallest absolute Gasteiger partial charge is 0.336 e. The lowest BCUT2D eigenvalue weighted by atomic mass is 9.89. The highest BCUT2D eigenvalue weighted by Gasteiger charge is 2.19. The zero-order valence-corrected chi connectivity index (χ0v) is 26.5. The van der Waals surface area contributed by atoms with Crippen LogP contribution >= 0.6 is 0 Å². The van der Waals surface area contributed by atoms with Crippen LogP contribution in [0.3, 0.4) is 0 Å². The summed E-state index contributed by atoms with van der Waals surface area (Å²) in [6, 6.07) is 36.1. The number of ketones is 2. The van der Waals surface area contributed by atoms with Gasteiger partial charge in [-0.2, -0.15) is 0 Å². The Morgan fingerprint density at radius 1 is 0.360 bits per heavy atom. The van der Waals surface area contributed by atoms with Gasteiger partial charge in [0.25, 0.3) is 0 Å². The van der Waals surface area contributed by atoms with Crippen molar-refractivity contribution in [2.75, 3.05) is 22.9 Å². The van der Waals surface area contributed by atoms with Crippen LogP contribution < -0.4 is 22.9 Å². The summed E-state index contributed by atoms with van der Waals surface area (Å²) in [4.78, 5) is 48.3. The number of benzene rings is 6. The van der Waals surface area contributed by atoms with Crippen molar-refractivity contribution in [2.45, 2.75) is 0 Å². The summed E-state index contributed by atoms with van der Waals surface area (Å²) in [7, 11) is 0. The molecule has 0 heterocycles. The van der Waals surface area contributed by atoms with Crippen LogP contribution in [0.2, 0.25) is 0 Å². The highest BCUT2D eigenvalue weighted by Crippen LogP contribution is 2.37. The van der Waals surface area contributed by atoms with Gasteiger partial charge in [0.1, 0.15) is 0 Å². The Bertz CT molecular complexity index is 2090. The Morgan fingerprint density at radius 3 is 1.08 bits per heavy atom. The quantitative estimate of drug-likeness (QED) is 0.0731. The third-order valence-electron chi connectivity index (χ3n) is 7.79. The molecule has 0 unspecified atom stereocenters. The summed E-state index contributed by atoms with van der Waals surface area (Å²) in [6.07, 6.45) is 0. The number of carboxylic acids is 2. The average molecular weight is 665 g/mol.